The maximum Gasteiger partial charge on any atom is 0.264 e. The molecule has 0 aliphatic carbocycles. The molecule has 0 aliphatic rings. The molecule has 0 fully saturated rings. The first kappa shape index (κ1) is 20.4. The molecular formula is C20H14F2N4O4S. The molecule has 4 rings (SSSR count). The van der Waals surface area contributed by atoms with E-state index in [2.05, 4.69) is 14.7 Å². The smallest absolute Gasteiger partial charge is 0.264 e. The summed E-state index contributed by atoms with van der Waals surface area (Å²) in [5, 5.41) is 0. The molecule has 0 atom stereocenters. The molecule has 1 aromatic carbocycles. The van der Waals surface area contributed by atoms with Gasteiger partial charge in [0.25, 0.3) is 15.6 Å². The second-order valence-electron chi connectivity index (χ2n) is 6.39. The minimum atomic E-state index is -4.41. The Balaban J connectivity index is 1.78. The zero-order valence-corrected chi connectivity index (χ0v) is 16.7. The number of pyridine rings is 2. The fourth-order valence-corrected chi connectivity index (χ4v) is 4.05. The Kier molecular flexibility index (Phi) is 5.11. The van der Waals surface area contributed by atoms with Gasteiger partial charge in [0.2, 0.25) is 5.88 Å². The van der Waals surface area contributed by atoms with Crippen molar-refractivity contribution in [3.8, 4) is 17.0 Å². The molecule has 8 nitrogen and oxygen atoms in total. The lowest BCUT2D eigenvalue weighted by atomic mass is 10.1. The quantitative estimate of drug-likeness (QED) is 0.508. The van der Waals surface area contributed by atoms with Crippen molar-refractivity contribution in [2.24, 2.45) is 0 Å². The van der Waals surface area contributed by atoms with Crippen molar-refractivity contribution >= 4 is 21.4 Å². The molecule has 0 spiro atoms. The van der Waals surface area contributed by atoms with Gasteiger partial charge in [-0.3, -0.25) is 13.9 Å². The molecule has 0 amide bonds. The number of nitrogens with one attached hydrogen (secondary N) is 1. The van der Waals surface area contributed by atoms with Crippen LogP contribution in [0.25, 0.3) is 16.8 Å². The van der Waals surface area contributed by atoms with Gasteiger partial charge in [0.1, 0.15) is 27.9 Å². The monoisotopic (exact) mass is 444 g/mol. The molecular weight excluding hydrogens is 430 g/mol. The summed E-state index contributed by atoms with van der Waals surface area (Å²) >= 11 is 0. The van der Waals surface area contributed by atoms with Gasteiger partial charge in [-0.1, -0.05) is 0 Å². The summed E-state index contributed by atoms with van der Waals surface area (Å²) in [6.45, 7) is 0. The van der Waals surface area contributed by atoms with E-state index in [0.29, 0.717) is 22.8 Å². The van der Waals surface area contributed by atoms with Crippen LogP contribution in [0.15, 0.2) is 70.7 Å². The molecule has 0 saturated carbocycles. The zero-order valence-electron chi connectivity index (χ0n) is 15.9. The highest BCUT2D eigenvalue weighted by Gasteiger charge is 2.22. The van der Waals surface area contributed by atoms with Gasteiger partial charge in [0, 0.05) is 41.9 Å². The van der Waals surface area contributed by atoms with E-state index in [1.807, 2.05) is 0 Å². The Morgan fingerprint density at radius 3 is 2.58 bits per heavy atom. The van der Waals surface area contributed by atoms with Crippen molar-refractivity contribution < 1.29 is 21.9 Å². The average Bonchev–Trinajstić information content (AvgIpc) is 2.73. The van der Waals surface area contributed by atoms with E-state index in [1.165, 1.54) is 42.2 Å². The van der Waals surface area contributed by atoms with Crippen molar-refractivity contribution in [3.05, 3.63) is 83.0 Å². The van der Waals surface area contributed by atoms with E-state index in [0.717, 1.165) is 12.1 Å². The number of ether oxygens (including phenoxy) is 1. The molecule has 4 aromatic rings. The van der Waals surface area contributed by atoms with Gasteiger partial charge < -0.3 is 4.74 Å². The van der Waals surface area contributed by atoms with E-state index in [4.69, 9.17) is 4.74 Å². The zero-order chi connectivity index (χ0) is 22.2. The molecule has 0 unspecified atom stereocenters. The van der Waals surface area contributed by atoms with Crippen LogP contribution in [0.5, 0.6) is 5.88 Å². The number of sulfonamides is 1. The van der Waals surface area contributed by atoms with E-state index in [-0.39, 0.29) is 17.1 Å². The number of hydrogen-bond donors (Lipinski definition) is 1. The van der Waals surface area contributed by atoms with Crippen LogP contribution in [0.4, 0.5) is 14.5 Å². The number of rotatable bonds is 5. The van der Waals surface area contributed by atoms with Crippen LogP contribution in [0.1, 0.15) is 0 Å². The number of hydrogen-bond acceptors (Lipinski definition) is 6. The van der Waals surface area contributed by atoms with Crippen molar-refractivity contribution in [3.63, 3.8) is 0 Å². The summed E-state index contributed by atoms with van der Waals surface area (Å²) in [6, 6.07) is 8.17. The Hall–Kier alpha value is -3.86. The molecule has 1 N–H and O–H groups in total. The van der Waals surface area contributed by atoms with Crippen molar-refractivity contribution in [1.29, 1.82) is 0 Å². The van der Waals surface area contributed by atoms with Gasteiger partial charge in [-0.2, -0.15) is 0 Å². The van der Waals surface area contributed by atoms with Crippen LogP contribution in [0.2, 0.25) is 0 Å². The lowest BCUT2D eigenvalue weighted by Gasteiger charge is -2.13. The Morgan fingerprint density at radius 1 is 1.03 bits per heavy atom. The Morgan fingerprint density at radius 2 is 1.84 bits per heavy atom. The molecule has 3 aromatic heterocycles. The van der Waals surface area contributed by atoms with E-state index < -0.39 is 26.6 Å². The summed E-state index contributed by atoms with van der Waals surface area (Å²) in [5.41, 5.74) is 1.08. The molecule has 0 aliphatic heterocycles. The highest BCUT2D eigenvalue weighted by Crippen LogP contribution is 2.30. The largest absolute Gasteiger partial charge is 0.480 e. The summed E-state index contributed by atoms with van der Waals surface area (Å²) in [4.78, 5) is 19.5. The average molecular weight is 444 g/mol. The summed E-state index contributed by atoms with van der Waals surface area (Å²) in [5.74, 6) is -2.20. The summed E-state index contributed by atoms with van der Waals surface area (Å²) in [7, 11) is -3.12. The predicted molar refractivity (Wildman–Crippen MR) is 108 cm³/mol. The minimum Gasteiger partial charge on any atom is -0.480 e. The van der Waals surface area contributed by atoms with Crippen LogP contribution in [-0.4, -0.2) is 29.9 Å². The standard InChI is InChI=1S/C20H14F2N4O4S/c1-30-20-16(25-31(28,29)17-4-3-14(21)9-15(17)22)8-13(10-24-20)12-2-5-18-23-7-6-19(27)26(18)11-12/h2-11,25H,1H3. The fourth-order valence-electron chi connectivity index (χ4n) is 2.94. The van der Waals surface area contributed by atoms with Crippen LogP contribution in [-0.2, 0) is 10.0 Å². The van der Waals surface area contributed by atoms with Gasteiger partial charge in [0.05, 0.1) is 7.11 Å². The molecule has 0 saturated heterocycles. The third kappa shape index (κ3) is 3.94. The predicted octanol–water partition coefficient (Wildman–Crippen LogP) is 2.84. The number of nitrogens with zero attached hydrogens (tertiary/aromatic N) is 3. The molecule has 11 heteroatoms. The lowest BCUT2D eigenvalue weighted by Crippen LogP contribution is -2.16. The maximum absolute atomic E-state index is 14.0. The third-order valence-electron chi connectivity index (χ3n) is 4.39. The topological polar surface area (TPSA) is 103 Å². The van der Waals surface area contributed by atoms with Crippen LogP contribution < -0.4 is 15.0 Å². The van der Waals surface area contributed by atoms with Crippen molar-refractivity contribution in [1.82, 2.24) is 14.4 Å². The van der Waals surface area contributed by atoms with Gasteiger partial charge >= 0.3 is 0 Å². The Bertz CT molecular complexity index is 1470. The second-order valence-corrected chi connectivity index (χ2v) is 8.04. The van der Waals surface area contributed by atoms with E-state index >= 15 is 0 Å². The first-order valence-corrected chi connectivity index (χ1v) is 10.3. The van der Waals surface area contributed by atoms with Crippen molar-refractivity contribution in [2.75, 3.05) is 11.8 Å². The number of methoxy groups -OCH3 is 1. The highest BCUT2D eigenvalue weighted by atomic mass is 32.2. The number of fused-ring (bicyclic) bond motifs is 1. The van der Waals surface area contributed by atoms with E-state index in [9.17, 15) is 22.0 Å². The van der Waals surface area contributed by atoms with Gasteiger partial charge in [0.15, 0.2) is 0 Å². The van der Waals surface area contributed by atoms with Gasteiger partial charge in [-0.05, 0) is 30.3 Å². The molecule has 3 heterocycles. The Labute approximate surface area is 174 Å². The number of anilines is 1. The van der Waals surface area contributed by atoms with Crippen LogP contribution in [0.3, 0.4) is 0 Å². The summed E-state index contributed by atoms with van der Waals surface area (Å²) in [6.07, 6.45) is 4.36. The highest BCUT2D eigenvalue weighted by molar-refractivity contribution is 7.92. The van der Waals surface area contributed by atoms with E-state index in [1.54, 1.807) is 12.1 Å². The molecule has 158 valence electrons. The van der Waals surface area contributed by atoms with Crippen LogP contribution >= 0.6 is 0 Å². The number of aromatic nitrogens is 3. The number of halogens is 2. The van der Waals surface area contributed by atoms with Gasteiger partial charge in [-0.25, -0.2) is 27.2 Å². The molecule has 0 bridgehead atoms. The van der Waals surface area contributed by atoms with Crippen molar-refractivity contribution in [2.45, 2.75) is 4.90 Å². The third-order valence-corrected chi connectivity index (χ3v) is 5.79. The SMILES string of the molecule is COc1ncc(-c2ccc3nccc(=O)n3c2)cc1NS(=O)(=O)c1ccc(F)cc1F. The lowest BCUT2D eigenvalue weighted by molar-refractivity contribution is 0.400. The van der Waals surface area contributed by atoms with Gasteiger partial charge in [-0.15, -0.1) is 0 Å². The minimum absolute atomic E-state index is 0.0607. The first-order chi connectivity index (χ1) is 14.8. The molecule has 31 heavy (non-hydrogen) atoms. The second kappa shape index (κ2) is 7.76. The normalized spacial score (nSPS) is 11.5. The van der Waals surface area contributed by atoms with Crippen LogP contribution in [0, 0.1) is 11.6 Å². The first-order valence-electron chi connectivity index (χ1n) is 8.78. The fraction of sp³-hybridized carbons (Fsp3) is 0.0500. The molecule has 0 radical (unpaired) electrons. The number of benzene rings is 1. The maximum atomic E-state index is 14.0. The summed E-state index contributed by atoms with van der Waals surface area (Å²) < 4.78 is 61.1.